The maximum absolute atomic E-state index is 5.64. The van der Waals surface area contributed by atoms with Gasteiger partial charge in [0, 0.05) is 11.6 Å². The van der Waals surface area contributed by atoms with E-state index in [1.54, 1.807) is 11.8 Å². The number of H-pyrrole nitrogens is 1. The number of alkyl halides is 1. The normalized spacial score (nSPS) is 13.1. The molecule has 0 aliphatic heterocycles. The van der Waals surface area contributed by atoms with Crippen molar-refractivity contribution < 1.29 is 0 Å². The molecule has 1 N–H and O–H groups in total. The average molecular weight is 220 g/mol. The number of nitrogens with zero attached hydrogens (tertiary/aromatic N) is 2. The fourth-order valence-electron chi connectivity index (χ4n) is 0.951. The van der Waals surface area contributed by atoms with Gasteiger partial charge in [-0.05, 0) is 18.8 Å². The van der Waals surface area contributed by atoms with E-state index in [9.17, 15) is 0 Å². The number of thioether (sulfide) groups is 1. The summed E-state index contributed by atoms with van der Waals surface area (Å²) in [5.41, 5.74) is 0. The van der Waals surface area contributed by atoms with E-state index in [0.29, 0.717) is 5.92 Å². The fraction of sp³-hybridized carbons (Fsp3) is 0.750. The van der Waals surface area contributed by atoms with Crippen LogP contribution in [0.2, 0.25) is 0 Å². The Kier molecular flexibility index (Phi) is 5.23. The first-order valence-electron chi connectivity index (χ1n) is 4.37. The van der Waals surface area contributed by atoms with E-state index in [0.717, 1.165) is 23.2 Å². The van der Waals surface area contributed by atoms with Crippen LogP contribution in [0.5, 0.6) is 0 Å². The van der Waals surface area contributed by atoms with Gasteiger partial charge in [0.05, 0.1) is 0 Å². The van der Waals surface area contributed by atoms with Gasteiger partial charge in [0.15, 0.2) is 5.16 Å². The molecule has 3 nitrogen and oxygen atoms in total. The molecule has 0 saturated heterocycles. The zero-order valence-corrected chi connectivity index (χ0v) is 9.24. The molecule has 0 aliphatic carbocycles. The van der Waals surface area contributed by atoms with Crippen LogP contribution >= 0.6 is 23.4 Å². The van der Waals surface area contributed by atoms with Gasteiger partial charge in [-0.15, -0.1) is 11.6 Å². The molecule has 1 aromatic heterocycles. The SMILES string of the molecule is CC(CCCl)CCSc1ncn[nH]1. The molecule has 0 aliphatic rings. The lowest BCUT2D eigenvalue weighted by molar-refractivity contribution is 0.551. The number of halogens is 1. The van der Waals surface area contributed by atoms with Crippen LogP contribution in [-0.4, -0.2) is 26.8 Å². The molecular formula is C8H14ClN3S. The first-order chi connectivity index (χ1) is 6.33. The van der Waals surface area contributed by atoms with Gasteiger partial charge >= 0.3 is 0 Å². The summed E-state index contributed by atoms with van der Waals surface area (Å²) in [5.74, 6) is 2.54. The Morgan fingerprint density at radius 2 is 2.46 bits per heavy atom. The monoisotopic (exact) mass is 219 g/mol. The Hall–Kier alpha value is -0.220. The summed E-state index contributed by atoms with van der Waals surface area (Å²) in [4.78, 5) is 4.03. The Balaban J connectivity index is 2.07. The molecule has 74 valence electrons. The lowest BCUT2D eigenvalue weighted by atomic mass is 10.1. The van der Waals surface area contributed by atoms with E-state index in [2.05, 4.69) is 22.1 Å². The Morgan fingerprint density at radius 1 is 1.62 bits per heavy atom. The van der Waals surface area contributed by atoms with Gasteiger partial charge in [-0.2, -0.15) is 5.10 Å². The van der Waals surface area contributed by atoms with E-state index in [1.807, 2.05) is 0 Å². The van der Waals surface area contributed by atoms with Crippen LogP contribution in [0.4, 0.5) is 0 Å². The molecule has 1 rings (SSSR count). The molecule has 0 bridgehead atoms. The summed E-state index contributed by atoms with van der Waals surface area (Å²) in [6.07, 6.45) is 3.81. The van der Waals surface area contributed by atoms with Crippen molar-refractivity contribution in [1.82, 2.24) is 15.2 Å². The van der Waals surface area contributed by atoms with Crippen LogP contribution in [0.25, 0.3) is 0 Å². The number of nitrogens with one attached hydrogen (secondary N) is 1. The summed E-state index contributed by atoms with van der Waals surface area (Å²) in [7, 11) is 0. The number of hydrogen-bond donors (Lipinski definition) is 1. The highest BCUT2D eigenvalue weighted by Crippen LogP contribution is 2.17. The van der Waals surface area contributed by atoms with Crippen molar-refractivity contribution in [1.29, 1.82) is 0 Å². The molecular weight excluding hydrogens is 206 g/mol. The van der Waals surface area contributed by atoms with Crippen molar-refractivity contribution >= 4 is 23.4 Å². The molecule has 0 saturated carbocycles. The first kappa shape index (κ1) is 10.9. The van der Waals surface area contributed by atoms with Gasteiger partial charge in [-0.1, -0.05) is 18.7 Å². The predicted molar refractivity (Wildman–Crippen MR) is 56.2 cm³/mol. The Bertz CT molecular complexity index is 215. The molecule has 13 heavy (non-hydrogen) atoms. The van der Waals surface area contributed by atoms with Crippen LogP contribution in [0, 0.1) is 5.92 Å². The third kappa shape index (κ3) is 4.52. The maximum atomic E-state index is 5.64. The standard InChI is InChI=1S/C8H14ClN3S/c1-7(2-4-9)3-5-13-8-10-6-11-12-8/h6-7H,2-5H2,1H3,(H,10,11,12). The predicted octanol–water partition coefficient (Wildman–Crippen LogP) is 2.55. The smallest absolute Gasteiger partial charge is 0.183 e. The fourth-order valence-corrected chi connectivity index (χ4v) is 2.28. The molecule has 0 amide bonds. The molecule has 1 aromatic rings. The van der Waals surface area contributed by atoms with Gasteiger partial charge < -0.3 is 0 Å². The number of hydrogen-bond acceptors (Lipinski definition) is 3. The lowest BCUT2D eigenvalue weighted by Crippen LogP contribution is -1.97. The molecule has 0 radical (unpaired) electrons. The largest absolute Gasteiger partial charge is 0.254 e. The highest BCUT2D eigenvalue weighted by atomic mass is 35.5. The van der Waals surface area contributed by atoms with Crippen molar-refractivity contribution in [2.75, 3.05) is 11.6 Å². The van der Waals surface area contributed by atoms with Gasteiger partial charge in [0.2, 0.25) is 0 Å². The van der Waals surface area contributed by atoms with Gasteiger partial charge in [0.1, 0.15) is 6.33 Å². The molecule has 0 aromatic carbocycles. The van der Waals surface area contributed by atoms with E-state index >= 15 is 0 Å². The summed E-state index contributed by atoms with van der Waals surface area (Å²) in [5, 5.41) is 7.50. The summed E-state index contributed by atoms with van der Waals surface area (Å²) < 4.78 is 0. The zero-order chi connectivity index (χ0) is 9.52. The molecule has 0 fully saturated rings. The van der Waals surface area contributed by atoms with Crippen molar-refractivity contribution in [2.45, 2.75) is 24.9 Å². The van der Waals surface area contributed by atoms with Crippen LogP contribution in [0.1, 0.15) is 19.8 Å². The highest BCUT2D eigenvalue weighted by Gasteiger charge is 2.02. The molecule has 1 atom stereocenters. The maximum Gasteiger partial charge on any atom is 0.183 e. The van der Waals surface area contributed by atoms with Crippen molar-refractivity contribution in [3.8, 4) is 0 Å². The summed E-state index contributed by atoms with van der Waals surface area (Å²) >= 11 is 7.35. The minimum atomic E-state index is 0.702. The van der Waals surface area contributed by atoms with E-state index in [4.69, 9.17) is 11.6 Å². The van der Waals surface area contributed by atoms with E-state index in [-0.39, 0.29) is 0 Å². The second-order valence-corrected chi connectivity index (χ2v) is 4.47. The van der Waals surface area contributed by atoms with E-state index < -0.39 is 0 Å². The summed E-state index contributed by atoms with van der Waals surface area (Å²) in [6.45, 7) is 2.23. The van der Waals surface area contributed by atoms with Crippen LogP contribution in [0.15, 0.2) is 11.5 Å². The third-order valence-corrected chi connectivity index (χ3v) is 2.97. The average Bonchev–Trinajstić information content (AvgIpc) is 2.57. The molecule has 1 unspecified atom stereocenters. The van der Waals surface area contributed by atoms with Gasteiger partial charge in [0.25, 0.3) is 0 Å². The summed E-state index contributed by atoms with van der Waals surface area (Å²) in [6, 6.07) is 0. The number of aromatic amines is 1. The minimum absolute atomic E-state index is 0.702. The second-order valence-electron chi connectivity index (χ2n) is 3.01. The number of aromatic nitrogens is 3. The van der Waals surface area contributed by atoms with E-state index in [1.165, 1.54) is 12.7 Å². The molecule has 0 spiro atoms. The number of rotatable bonds is 6. The first-order valence-corrected chi connectivity index (χ1v) is 5.89. The van der Waals surface area contributed by atoms with Crippen molar-refractivity contribution in [3.63, 3.8) is 0 Å². The quantitative estimate of drug-likeness (QED) is 0.591. The third-order valence-electron chi connectivity index (χ3n) is 1.84. The van der Waals surface area contributed by atoms with Crippen LogP contribution in [0.3, 0.4) is 0 Å². The van der Waals surface area contributed by atoms with Crippen LogP contribution < -0.4 is 0 Å². The zero-order valence-electron chi connectivity index (χ0n) is 7.66. The Morgan fingerprint density at radius 3 is 3.08 bits per heavy atom. The van der Waals surface area contributed by atoms with Crippen molar-refractivity contribution in [3.05, 3.63) is 6.33 Å². The van der Waals surface area contributed by atoms with Crippen LogP contribution in [-0.2, 0) is 0 Å². The molecule has 1 heterocycles. The van der Waals surface area contributed by atoms with Gasteiger partial charge in [-0.25, -0.2) is 4.98 Å². The molecule has 5 heteroatoms. The highest BCUT2D eigenvalue weighted by molar-refractivity contribution is 7.99. The van der Waals surface area contributed by atoms with Gasteiger partial charge in [-0.3, -0.25) is 5.10 Å². The minimum Gasteiger partial charge on any atom is -0.254 e. The lowest BCUT2D eigenvalue weighted by Gasteiger charge is -2.06. The topological polar surface area (TPSA) is 41.6 Å². The second kappa shape index (κ2) is 6.27. The van der Waals surface area contributed by atoms with Crippen molar-refractivity contribution in [2.24, 2.45) is 5.92 Å². The Labute approximate surface area is 87.7 Å².